The molecular weight excluding hydrogens is 619 g/mol. The second-order valence-electron chi connectivity index (χ2n) is 11.1. The maximum absolute atomic E-state index is 14.7. The van der Waals surface area contributed by atoms with Crippen LogP contribution in [0.15, 0.2) is 0 Å². The number of unbranched alkanes of at least 4 members (excludes halogenated alkanes) is 15. The van der Waals surface area contributed by atoms with Gasteiger partial charge in [0, 0.05) is 17.3 Å². The quantitative estimate of drug-likeness (QED) is 0.0679. The summed E-state index contributed by atoms with van der Waals surface area (Å²) >= 11 is 0. The minimum Gasteiger partial charge on any atom is -0.215 e. The molecule has 3 nitrogen and oxygen atoms in total. The first-order valence-corrected chi connectivity index (χ1v) is 18.8. The van der Waals surface area contributed by atoms with Gasteiger partial charge >= 0.3 is 33.4 Å². The summed E-state index contributed by atoms with van der Waals surface area (Å²) in [6.07, 6.45) is 6.46. The van der Waals surface area contributed by atoms with Gasteiger partial charge in [-0.15, -0.1) is 10.3 Å². The third-order valence-electron chi connectivity index (χ3n) is 7.27. The molecule has 0 amide bonds. The Balaban J connectivity index is 6.17. The Bertz CT molecular complexity index is 806. The fraction of sp³-hybridized carbons (Fsp3) is 1.00. The SMILES string of the molecule is CCCCCCCCCCS(CCCCCCC)(CCCCCCC)OS(=O)(=O)C(F)(F)C(F)(F)C(F)(F)C(F)(F)F. The number of hydrogen-bond donors (Lipinski definition) is 0. The minimum absolute atomic E-state index is 0.0416. The second kappa shape index (κ2) is 19.2. The topological polar surface area (TPSA) is 43.4 Å². The molecule has 0 aliphatic rings. The number of alkyl halides is 9. The standard InChI is InChI=1S/C28H51F9O3S2/c1-4-7-10-13-14-15-18-21-24-41(22-19-16-11-8-5-2,23-20-17-12-9-6-3)40-42(38,39)28(36,37)26(31,32)25(29,30)27(33,34)35/h4-24H2,1-3H3. The van der Waals surface area contributed by atoms with Gasteiger partial charge in [-0.05, 0) is 19.3 Å². The molecule has 256 valence electrons. The maximum Gasteiger partial charge on any atom is 0.460 e. The Kier molecular flexibility index (Phi) is 19.0. The van der Waals surface area contributed by atoms with Crippen molar-refractivity contribution in [3.8, 4) is 0 Å². The van der Waals surface area contributed by atoms with Gasteiger partial charge < -0.3 is 0 Å². The molecule has 0 atom stereocenters. The monoisotopic (exact) mass is 670 g/mol. The lowest BCUT2D eigenvalue weighted by Gasteiger charge is -2.41. The fourth-order valence-corrected chi connectivity index (χ4v) is 10.5. The lowest BCUT2D eigenvalue weighted by molar-refractivity contribution is -0.382. The summed E-state index contributed by atoms with van der Waals surface area (Å²) in [7, 11) is -9.98. The van der Waals surface area contributed by atoms with Crippen LogP contribution < -0.4 is 0 Å². The minimum atomic E-state index is -7.31. The van der Waals surface area contributed by atoms with Gasteiger partial charge in [-0.3, -0.25) is 0 Å². The van der Waals surface area contributed by atoms with E-state index in [1.165, 1.54) is 0 Å². The molecule has 0 heterocycles. The molecule has 14 heteroatoms. The molecule has 0 radical (unpaired) electrons. The van der Waals surface area contributed by atoms with Crippen molar-refractivity contribution in [2.24, 2.45) is 0 Å². The van der Waals surface area contributed by atoms with Crippen LogP contribution in [0.1, 0.15) is 136 Å². The van der Waals surface area contributed by atoms with Crippen molar-refractivity contribution in [1.29, 1.82) is 0 Å². The Morgan fingerprint density at radius 1 is 0.452 bits per heavy atom. The highest BCUT2D eigenvalue weighted by atomic mass is 32.3. The lowest BCUT2D eigenvalue weighted by atomic mass is 10.1. The summed E-state index contributed by atoms with van der Waals surface area (Å²) in [5.41, 5.74) is 0. The van der Waals surface area contributed by atoms with Crippen LogP contribution in [-0.4, -0.2) is 49.0 Å². The number of halogens is 9. The molecule has 0 saturated heterocycles. The molecule has 0 aromatic heterocycles. The first kappa shape index (κ1) is 41.6. The third kappa shape index (κ3) is 12.6. The van der Waals surface area contributed by atoms with E-state index in [1.54, 1.807) is 0 Å². The van der Waals surface area contributed by atoms with Gasteiger partial charge in [-0.25, -0.2) is 3.63 Å². The molecule has 0 N–H and O–H groups in total. The summed E-state index contributed by atoms with van der Waals surface area (Å²) in [6, 6.07) is 0. The molecule has 0 aliphatic heterocycles. The van der Waals surface area contributed by atoms with E-state index in [-0.39, 0.29) is 17.3 Å². The second-order valence-corrected chi connectivity index (χ2v) is 16.2. The van der Waals surface area contributed by atoms with Crippen molar-refractivity contribution in [2.45, 2.75) is 160 Å². The normalized spacial score (nSPS) is 14.5. The van der Waals surface area contributed by atoms with E-state index in [1.807, 2.05) is 13.8 Å². The van der Waals surface area contributed by atoms with Crippen molar-refractivity contribution in [1.82, 2.24) is 0 Å². The molecule has 42 heavy (non-hydrogen) atoms. The van der Waals surface area contributed by atoms with Crippen LogP contribution in [0.3, 0.4) is 0 Å². The van der Waals surface area contributed by atoms with E-state index in [0.29, 0.717) is 38.5 Å². The zero-order chi connectivity index (χ0) is 32.6. The van der Waals surface area contributed by atoms with Gasteiger partial charge in [0.25, 0.3) is 0 Å². The predicted molar refractivity (Wildman–Crippen MR) is 153 cm³/mol. The number of rotatable bonds is 26. The summed E-state index contributed by atoms with van der Waals surface area (Å²) in [5.74, 6) is -14.7. The molecule has 0 bridgehead atoms. The summed E-state index contributed by atoms with van der Waals surface area (Å²) in [5, 5.41) is -6.82. The van der Waals surface area contributed by atoms with E-state index < -0.39 is 43.7 Å². The molecule has 0 unspecified atom stereocenters. The molecule has 0 saturated carbocycles. The van der Waals surface area contributed by atoms with E-state index in [9.17, 15) is 47.9 Å². The van der Waals surface area contributed by atoms with Crippen molar-refractivity contribution < 1.29 is 51.6 Å². The molecule has 0 rings (SSSR count). The van der Waals surface area contributed by atoms with Crippen molar-refractivity contribution in [3.63, 3.8) is 0 Å². The van der Waals surface area contributed by atoms with Crippen LogP contribution in [0.5, 0.6) is 0 Å². The molecule has 0 fully saturated rings. The molecule has 0 aliphatic carbocycles. The van der Waals surface area contributed by atoms with E-state index in [0.717, 1.165) is 77.0 Å². The number of hydrogen-bond acceptors (Lipinski definition) is 3. The van der Waals surface area contributed by atoms with E-state index in [4.69, 9.17) is 3.63 Å². The van der Waals surface area contributed by atoms with Crippen LogP contribution in [0, 0.1) is 0 Å². The van der Waals surface area contributed by atoms with Crippen molar-refractivity contribution >= 4 is 20.4 Å². The largest absolute Gasteiger partial charge is 0.460 e. The van der Waals surface area contributed by atoms with Gasteiger partial charge in [0.15, 0.2) is 0 Å². The van der Waals surface area contributed by atoms with Gasteiger partial charge in [0.05, 0.1) is 0 Å². The summed E-state index contributed by atoms with van der Waals surface area (Å²) in [4.78, 5) is 0. The van der Waals surface area contributed by atoms with Gasteiger partial charge in [-0.1, -0.05) is 117 Å². The van der Waals surface area contributed by atoms with Gasteiger partial charge in [0.1, 0.15) is 0 Å². The van der Waals surface area contributed by atoms with E-state index >= 15 is 0 Å². The van der Waals surface area contributed by atoms with Crippen LogP contribution in [0.4, 0.5) is 39.5 Å². The highest BCUT2D eigenvalue weighted by molar-refractivity contribution is 8.33. The average molecular weight is 671 g/mol. The van der Waals surface area contributed by atoms with Crippen LogP contribution in [-0.2, 0) is 13.7 Å². The fourth-order valence-electron chi connectivity index (χ4n) is 4.60. The molecule has 0 aromatic carbocycles. The Hall–Kier alpha value is -0.370. The van der Waals surface area contributed by atoms with Crippen LogP contribution >= 0.6 is 10.3 Å². The molecule has 0 spiro atoms. The molecule has 0 aromatic rings. The maximum atomic E-state index is 14.7. The summed E-state index contributed by atoms with van der Waals surface area (Å²) in [6.45, 7) is 6.00. The highest BCUT2D eigenvalue weighted by Crippen LogP contribution is 2.60. The van der Waals surface area contributed by atoms with Crippen LogP contribution in [0.25, 0.3) is 0 Å². The zero-order valence-corrected chi connectivity index (χ0v) is 26.9. The molecular formula is C28H51F9O3S2. The average Bonchev–Trinajstić information content (AvgIpc) is 2.88. The smallest absolute Gasteiger partial charge is 0.215 e. The van der Waals surface area contributed by atoms with Crippen LogP contribution in [0.2, 0.25) is 0 Å². The van der Waals surface area contributed by atoms with Crippen molar-refractivity contribution in [2.75, 3.05) is 17.3 Å². The van der Waals surface area contributed by atoms with Gasteiger partial charge in [0.2, 0.25) is 0 Å². The first-order valence-electron chi connectivity index (χ1n) is 15.3. The predicted octanol–water partition coefficient (Wildman–Crippen LogP) is 11.6. The lowest BCUT2D eigenvalue weighted by Crippen LogP contribution is -2.63. The first-order chi connectivity index (χ1) is 19.4. The summed E-state index contributed by atoms with van der Waals surface area (Å²) < 4.78 is 153. The van der Waals surface area contributed by atoms with Gasteiger partial charge in [-0.2, -0.15) is 47.9 Å². The van der Waals surface area contributed by atoms with Crippen molar-refractivity contribution in [3.05, 3.63) is 0 Å². The Morgan fingerprint density at radius 2 is 0.738 bits per heavy atom. The van der Waals surface area contributed by atoms with E-state index in [2.05, 4.69) is 6.92 Å². The Labute approximate surface area is 248 Å². The Morgan fingerprint density at radius 3 is 1.02 bits per heavy atom. The third-order valence-corrected chi connectivity index (χ3v) is 13.1. The zero-order valence-electron chi connectivity index (χ0n) is 25.3. The highest BCUT2D eigenvalue weighted by Gasteiger charge is 2.86.